The molecule has 1 N–H and O–H groups in total. The van der Waals surface area contributed by atoms with Crippen molar-refractivity contribution in [3.8, 4) is 0 Å². The van der Waals surface area contributed by atoms with E-state index in [-0.39, 0.29) is 5.75 Å². The predicted molar refractivity (Wildman–Crippen MR) is 61.5 cm³/mol. The largest absolute Gasteiger partial charge is 0.335 e. The van der Waals surface area contributed by atoms with Gasteiger partial charge in [-0.05, 0) is 19.3 Å². The van der Waals surface area contributed by atoms with Crippen LogP contribution in [0.4, 0.5) is 0 Å². The summed E-state index contributed by atoms with van der Waals surface area (Å²) in [5.74, 6) is 1.58. The molecule has 6 heteroatoms. The predicted octanol–water partition coefficient (Wildman–Crippen LogP) is 0.385. The maximum atomic E-state index is 11.3. The number of hydrogen-bond acceptors (Lipinski definition) is 3. The molecule has 1 aliphatic rings. The van der Waals surface area contributed by atoms with Gasteiger partial charge in [0.1, 0.15) is 5.82 Å². The Bertz CT molecular complexity index is 452. The lowest BCUT2D eigenvalue weighted by Crippen LogP contribution is -2.33. The van der Waals surface area contributed by atoms with Crippen LogP contribution in [0, 0.1) is 5.92 Å². The van der Waals surface area contributed by atoms with E-state index in [1.54, 1.807) is 13.1 Å². The molecule has 1 unspecified atom stereocenters. The fourth-order valence-electron chi connectivity index (χ4n) is 1.94. The van der Waals surface area contributed by atoms with E-state index >= 15 is 0 Å². The summed E-state index contributed by atoms with van der Waals surface area (Å²) in [7, 11) is -3.06. The van der Waals surface area contributed by atoms with Gasteiger partial charge in [-0.15, -0.1) is 0 Å². The molecule has 0 fully saturated rings. The number of nitrogens with zero attached hydrogens (tertiary/aromatic N) is 2. The van der Waals surface area contributed by atoms with Gasteiger partial charge in [0.15, 0.2) is 0 Å². The minimum atomic E-state index is -3.06. The third kappa shape index (κ3) is 2.62. The third-order valence-electron chi connectivity index (χ3n) is 3.02. The highest BCUT2D eigenvalue weighted by Gasteiger charge is 2.20. The molecule has 1 atom stereocenters. The topological polar surface area (TPSA) is 64.0 Å². The van der Waals surface area contributed by atoms with E-state index in [1.807, 2.05) is 6.20 Å². The smallest absolute Gasteiger partial charge is 0.211 e. The quantitative estimate of drug-likeness (QED) is 0.831. The second-order valence-electron chi connectivity index (χ2n) is 4.15. The molecule has 0 saturated heterocycles. The summed E-state index contributed by atoms with van der Waals surface area (Å²) in [5, 5.41) is 0. The number of imidazole rings is 1. The second-order valence-corrected chi connectivity index (χ2v) is 6.24. The maximum absolute atomic E-state index is 11.3. The zero-order valence-electron chi connectivity index (χ0n) is 9.39. The monoisotopic (exact) mass is 243 g/mol. The standard InChI is InChI=1S/C10H17N3O2S/c1-2-16(14,15)12-8-9-3-5-13-6-4-11-10(13)7-9/h4,6,9,12H,2-3,5,7-8H2,1H3. The Morgan fingerprint density at radius 2 is 2.44 bits per heavy atom. The number of hydrogen-bond donors (Lipinski definition) is 1. The van der Waals surface area contributed by atoms with E-state index in [0.29, 0.717) is 12.5 Å². The molecule has 16 heavy (non-hydrogen) atoms. The summed E-state index contributed by atoms with van der Waals surface area (Å²) in [6.07, 6.45) is 5.64. The van der Waals surface area contributed by atoms with Crippen LogP contribution in [0.25, 0.3) is 0 Å². The summed E-state index contributed by atoms with van der Waals surface area (Å²) in [6, 6.07) is 0. The SMILES string of the molecule is CCS(=O)(=O)NCC1CCn2ccnc2C1. The van der Waals surface area contributed by atoms with Crippen LogP contribution in [0.15, 0.2) is 12.4 Å². The van der Waals surface area contributed by atoms with Crippen molar-refractivity contribution >= 4 is 10.0 Å². The molecule has 1 aromatic heterocycles. The van der Waals surface area contributed by atoms with Gasteiger partial charge < -0.3 is 4.57 Å². The molecule has 5 nitrogen and oxygen atoms in total. The number of fused-ring (bicyclic) bond motifs is 1. The van der Waals surface area contributed by atoms with Gasteiger partial charge in [0.25, 0.3) is 0 Å². The molecule has 1 aromatic rings. The highest BCUT2D eigenvalue weighted by atomic mass is 32.2. The van der Waals surface area contributed by atoms with Crippen LogP contribution >= 0.6 is 0 Å². The van der Waals surface area contributed by atoms with Gasteiger partial charge in [-0.2, -0.15) is 0 Å². The van der Waals surface area contributed by atoms with E-state index < -0.39 is 10.0 Å². The minimum Gasteiger partial charge on any atom is -0.335 e. The van der Waals surface area contributed by atoms with Crippen LogP contribution in [0.3, 0.4) is 0 Å². The van der Waals surface area contributed by atoms with Gasteiger partial charge in [-0.25, -0.2) is 18.1 Å². The van der Waals surface area contributed by atoms with E-state index in [4.69, 9.17) is 0 Å². The highest BCUT2D eigenvalue weighted by molar-refractivity contribution is 7.89. The average Bonchev–Trinajstić information content (AvgIpc) is 2.73. The lowest BCUT2D eigenvalue weighted by atomic mass is 9.98. The first-order valence-corrected chi connectivity index (χ1v) is 7.23. The first-order valence-electron chi connectivity index (χ1n) is 5.58. The average molecular weight is 243 g/mol. The fraction of sp³-hybridized carbons (Fsp3) is 0.700. The zero-order valence-corrected chi connectivity index (χ0v) is 10.2. The molecule has 0 aromatic carbocycles. The van der Waals surface area contributed by atoms with Crippen molar-refractivity contribution in [1.82, 2.24) is 14.3 Å². The molecule has 0 amide bonds. The van der Waals surface area contributed by atoms with Crippen molar-refractivity contribution in [2.45, 2.75) is 26.3 Å². The molecule has 0 saturated carbocycles. The van der Waals surface area contributed by atoms with Gasteiger partial charge in [-0.3, -0.25) is 0 Å². The highest BCUT2D eigenvalue weighted by Crippen LogP contribution is 2.18. The first kappa shape index (κ1) is 11.6. The van der Waals surface area contributed by atoms with Crippen molar-refractivity contribution in [2.75, 3.05) is 12.3 Å². The van der Waals surface area contributed by atoms with Gasteiger partial charge >= 0.3 is 0 Å². The Balaban J connectivity index is 1.90. The number of rotatable bonds is 4. The van der Waals surface area contributed by atoms with Crippen LogP contribution in [-0.4, -0.2) is 30.3 Å². The van der Waals surface area contributed by atoms with Crippen LogP contribution in [0.2, 0.25) is 0 Å². The molecule has 2 heterocycles. The molecule has 90 valence electrons. The minimum absolute atomic E-state index is 0.147. The summed E-state index contributed by atoms with van der Waals surface area (Å²) in [5.41, 5.74) is 0. The van der Waals surface area contributed by atoms with Crippen molar-refractivity contribution in [3.05, 3.63) is 18.2 Å². The van der Waals surface area contributed by atoms with Crippen LogP contribution in [-0.2, 0) is 23.0 Å². The van der Waals surface area contributed by atoms with E-state index in [2.05, 4.69) is 14.3 Å². The summed E-state index contributed by atoms with van der Waals surface area (Å²) >= 11 is 0. The molecule has 0 spiro atoms. The van der Waals surface area contributed by atoms with Gasteiger partial charge in [0.2, 0.25) is 10.0 Å². The maximum Gasteiger partial charge on any atom is 0.211 e. The molecule has 0 bridgehead atoms. The Morgan fingerprint density at radius 1 is 1.62 bits per heavy atom. The normalized spacial score (nSPS) is 20.7. The number of aromatic nitrogens is 2. The molecule has 0 radical (unpaired) electrons. The van der Waals surface area contributed by atoms with E-state index in [9.17, 15) is 8.42 Å². The Morgan fingerprint density at radius 3 is 3.19 bits per heavy atom. The van der Waals surface area contributed by atoms with Crippen LogP contribution < -0.4 is 4.72 Å². The van der Waals surface area contributed by atoms with Crippen molar-refractivity contribution in [2.24, 2.45) is 5.92 Å². The summed E-state index contributed by atoms with van der Waals surface area (Å²) in [6.45, 7) is 3.12. The first-order chi connectivity index (χ1) is 7.61. The zero-order chi connectivity index (χ0) is 11.6. The number of nitrogens with one attached hydrogen (secondary N) is 1. The molecular formula is C10H17N3O2S. The van der Waals surface area contributed by atoms with Gasteiger partial charge in [0, 0.05) is 31.9 Å². The van der Waals surface area contributed by atoms with Crippen molar-refractivity contribution in [3.63, 3.8) is 0 Å². The summed E-state index contributed by atoms with van der Waals surface area (Å²) in [4.78, 5) is 4.26. The molecule has 0 aliphatic carbocycles. The van der Waals surface area contributed by atoms with Crippen LogP contribution in [0.1, 0.15) is 19.2 Å². The lowest BCUT2D eigenvalue weighted by Gasteiger charge is -2.23. The van der Waals surface area contributed by atoms with E-state index in [1.165, 1.54) is 0 Å². The third-order valence-corrected chi connectivity index (χ3v) is 4.39. The Kier molecular flexibility index (Phi) is 3.30. The summed E-state index contributed by atoms with van der Waals surface area (Å²) < 4.78 is 27.4. The Labute approximate surface area is 95.9 Å². The number of sulfonamides is 1. The molecule has 1 aliphatic heterocycles. The second kappa shape index (κ2) is 4.55. The molecule has 2 rings (SSSR count). The lowest BCUT2D eigenvalue weighted by molar-refractivity contribution is 0.379. The number of aryl methyl sites for hydroxylation is 1. The van der Waals surface area contributed by atoms with Crippen molar-refractivity contribution < 1.29 is 8.42 Å². The van der Waals surface area contributed by atoms with Crippen molar-refractivity contribution in [1.29, 1.82) is 0 Å². The van der Waals surface area contributed by atoms with Gasteiger partial charge in [-0.1, -0.05) is 0 Å². The van der Waals surface area contributed by atoms with E-state index in [0.717, 1.165) is 25.2 Å². The fourth-order valence-corrected chi connectivity index (χ4v) is 2.63. The van der Waals surface area contributed by atoms with Gasteiger partial charge in [0.05, 0.1) is 5.75 Å². The Hall–Kier alpha value is -0.880. The molecular weight excluding hydrogens is 226 g/mol. The van der Waals surface area contributed by atoms with Crippen LogP contribution in [0.5, 0.6) is 0 Å².